The van der Waals surface area contributed by atoms with E-state index >= 15 is 0 Å². The van der Waals surface area contributed by atoms with Crippen molar-refractivity contribution in [3.05, 3.63) is 30.3 Å². The molecule has 17 heavy (non-hydrogen) atoms. The molecule has 0 spiro atoms. The summed E-state index contributed by atoms with van der Waals surface area (Å²) in [6.07, 6.45) is 0.421. The van der Waals surface area contributed by atoms with Crippen LogP contribution in [0.4, 0.5) is 0 Å². The Hall–Kier alpha value is -2.04. The molecule has 0 N–H and O–H groups in total. The zero-order valence-corrected chi connectivity index (χ0v) is 9.87. The number of hydrogen-bond donors (Lipinski definition) is 0. The molecule has 0 radical (unpaired) electrons. The SMILES string of the molecule is CC(=O)C[C@H](C)n1nnc(-c2ccccc2)n1. The van der Waals surface area contributed by atoms with Gasteiger partial charge < -0.3 is 0 Å². The Morgan fingerprint density at radius 2 is 2.06 bits per heavy atom. The Morgan fingerprint density at radius 1 is 1.35 bits per heavy atom. The molecule has 1 aromatic heterocycles. The number of benzene rings is 1. The number of tetrazole rings is 1. The molecule has 1 aromatic carbocycles. The molecular formula is C12H14N4O. The van der Waals surface area contributed by atoms with E-state index in [2.05, 4.69) is 15.4 Å². The van der Waals surface area contributed by atoms with Gasteiger partial charge in [-0.1, -0.05) is 30.3 Å². The van der Waals surface area contributed by atoms with Crippen LogP contribution in [0.2, 0.25) is 0 Å². The predicted octanol–water partition coefficient (Wildman–Crippen LogP) is 1.88. The van der Waals surface area contributed by atoms with Gasteiger partial charge in [-0.25, -0.2) is 0 Å². The van der Waals surface area contributed by atoms with Gasteiger partial charge in [-0.05, 0) is 19.1 Å². The highest BCUT2D eigenvalue weighted by atomic mass is 16.1. The summed E-state index contributed by atoms with van der Waals surface area (Å²) in [5, 5.41) is 12.2. The third kappa shape index (κ3) is 2.75. The molecule has 5 heteroatoms. The van der Waals surface area contributed by atoms with Crippen LogP contribution in [0.15, 0.2) is 30.3 Å². The van der Waals surface area contributed by atoms with Crippen LogP contribution in [0.5, 0.6) is 0 Å². The monoisotopic (exact) mass is 230 g/mol. The summed E-state index contributed by atoms with van der Waals surface area (Å²) >= 11 is 0. The molecule has 0 aliphatic rings. The van der Waals surface area contributed by atoms with Crippen LogP contribution < -0.4 is 0 Å². The predicted molar refractivity (Wildman–Crippen MR) is 63.3 cm³/mol. The fourth-order valence-electron chi connectivity index (χ4n) is 1.61. The zero-order chi connectivity index (χ0) is 12.3. The van der Waals surface area contributed by atoms with Gasteiger partial charge in [0.05, 0.1) is 6.04 Å². The van der Waals surface area contributed by atoms with Gasteiger partial charge in [-0.3, -0.25) is 4.79 Å². The fraction of sp³-hybridized carbons (Fsp3) is 0.333. The minimum atomic E-state index is -0.0579. The van der Waals surface area contributed by atoms with Crippen molar-refractivity contribution in [3.63, 3.8) is 0 Å². The lowest BCUT2D eigenvalue weighted by Crippen LogP contribution is -2.12. The largest absolute Gasteiger partial charge is 0.300 e. The molecule has 0 aliphatic heterocycles. The van der Waals surface area contributed by atoms with Gasteiger partial charge in [0.15, 0.2) is 0 Å². The first-order chi connectivity index (χ1) is 8.16. The van der Waals surface area contributed by atoms with Crippen LogP contribution in [0.3, 0.4) is 0 Å². The maximum atomic E-state index is 11.0. The van der Waals surface area contributed by atoms with Crippen molar-refractivity contribution in [3.8, 4) is 11.4 Å². The van der Waals surface area contributed by atoms with Crippen molar-refractivity contribution in [2.24, 2.45) is 0 Å². The minimum Gasteiger partial charge on any atom is -0.300 e. The van der Waals surface area contributed by atoms with Crippen LogP contribution in [-0.2, 0) is 4.79 Å². The van der Waals surface area contributed by atoms with E-state index in [4.69, 9.17) is 0 Å². The molecular weight excluding hydrogens is 216 g/mol. The summed E-state index contributed by atoms with van der Waals surface area (Å²) in [5.74, 6) is 0.706. The maximum absolute atomic E-state index is 11.0. The minimum absolute atomic E-state index is 0.0579. The van der Waals surface area contributed by atoms with E-state index in [1.807, 2.05) is 37.3 Å². The fourth-order valence-corrected chi connectivity index (χ4v) is 1.61. The Kier molecular flexibility index (Phi) is 3.27. The highest BCUT2D eigenvalue weighted by Gasteiger charge is 2.12. The quantitative estimate of drug-likeness (QED) is 0.804. The Bertz CT molecular complexity index is 506. The third-order valence-corrected chi connectivity index (χ3v) is 2.44. The Morgan fingerprint density at radius 3 is 2.71 bits per heavy atom. The molecule has 5 nitrogen and oxygen atoms in total. The molecule has 1 heterocycles. The van der Waals surface area contributed by atoms with Gasteiger partial charge >= 0.3 is 0 Å². The molecule has 88 valence electrons. The van der Waals surface area contributed by atoms with Gasteiger partial charge in [-0.2, -0.15) is 4.80 Å². The van der Waals surface area contributed by atoms with Crippen LogP contribution in [0.1, 0.15) is 26.3 Å². The summed E-state index contributed by atoms with van der Waals surface area (Å²) < 4.78 is 0. The van der Waals surface area contributed by atoms with E-state index in [0.717, 1.165) is 5.56 Å². The maximum Gasteiger partial charge on any atom is 0.204 e. The van der Waals surface area contributed by atoms with Crippen molar-refractivity contribution in [1.29, 1.82) is 0 Å². The van der Waals surface area contributed by atoms with E-state index < -0.39 is 0 Å². The number of aromatic nitrogens is 4. The second kappa shape index (κ2) is 4.86. The van der Waals surface area contributed by atoms with E-state index in [9.17, 15) is 4.79 Å². The summed E-state index contributed by atoms with van der Waals surface area (Å²) in [5.41, 5.74) is 0.925. The highest BCUT2D eigenvalue weighted by molar-refractivity contribution is 5.75. The number of rotatable bonds is 4. The molecule has 0 saturated carbocycles. The van der Waals surface area contributed by atoms with Crippen LogP contribution in [0.25, 0.3) is 11.4 Å². The first-order valence-corrected chi connectivity index (χ1v) is 5.51. The molecule has 0 unspecified atom stereocenters. The van der Waals surface area contributed by atoms with E-state index in [1.54, 1.807) is 6.92 Å². The van der Waals surface area contributed by atoms with Gasteiger partial charge in [0, 0.05) is 12.0 Å². The average Bonchev–Trinajstić information content (AvgIpc) is 2.78. The first kappa shape index (κ1) is 11.4. The number of ketones is 1. The summed E-state index contributed by atoms with van der Waals surface area (Å²) in [6, 6.07) is 9.59. The molecule has 0 fully saturated rings. The van der Waals surface area contributed by atoms with E-state index in [1.165, 1.54) is 4.80 Å². The van der Waals surface area contributed by atoms with E-state index in [-0.39, 0.29) is 11.8 Å². The van der Waals surface area contributed by atoms with Crippen molar-refractivity contribution in [2.75, 3.05) is 0 Å². The molecule has 0 amide bonds. The van der Waals surface area contributed by atoms with Crippen molar-refractivity contribution in [1.82, 2.24) is 20.2 Å². The molecule has 0 aliphatic carbocycles. The summed E-state index contributed by atoms with van der Waals surface area (Å²) in [6.45, 7) is 3.46. The van der Waals surface area contributed by atoms with Gasteiger partial charge in [0.25, 0.3) is 0 Å². The second-order valence-electron chi connectivity index (χ2n) is 4.05. The smallest absolute Gasteiger partial charge is 0.204 e. The van der Waals surface area contributed by atoms with Gasteiger partial charge in [0.2, 0.25) is 5.82 Å². The second-order valence-corrected chi connectivity index (χ2v) is 4.05. The lowest BCUT2D eigenvalue weighted by Gasteiger charge is -2.05. The normalized spacial score (nSPS) is 12.4. The standard InChI is InChI=1S/C12H14N4O/c1-9(8-10(2)17)16-14-12(13-15-16)11-6-4-3-5-7-11/h3-7,9H,8H2,1-2H3/t9-/m0/s1. The zero-order valence-electron chi connectivity index (χ0n) is 9.87. The topological polar surface area (TPSA) is 60.7 Å². The third-order valence-electron chi connectivity index (χ3n) is 2.44. The summed E-state index contributed by atoms with van der Waals surface area (Å²) in [4.78, 5) is 12.5. The van der Waals surface area contributed by atoms with Gasteiger partial charge in [-0.15, -0.1) is 10.2 Å². The number of Topliss-reactive ketones (excluding diaryl/α,β-unsaturated/α-hetero) is 1. The highest BCUT2D eigenvalue weighted by Crippen LogP contribution is 2.14. The molecule has 2 rings (SSSR count). The van der Waals surface area contributed by atoms with Crippen molar-refractivity contribution >= 4 is 5.78 Å². The average molecular weight is 230 g/mol. The molecule has 0 saturated heterocycles. The Balaban J connectivity index is 2.19. The van der Waals surface area contributed by atoms with Crippen molar-refractivity contribution in [2.45, 2.75) is 26.3 Å². The van der Waals surface area contributed by atoms with Gasteiger partial charge in [0.1, 0.15) is 5.78 Å². The lowest BCUT2D eigenvalue weighted by atomic mass is 10.2. The molecule has 1 atom stereocenters. The van der Waals surface area contributed by atoms with Crippen molar-refractivity contribution < 1.29 is 4.79 Å². The van der Waals surface area contributed by atoms with Crippen LogP contribution >= 0.6 is 0 Å². The Labute approximate surface area is 99.5 Å². The van der Waals surface area contributed by atoms with E-state index in [0.29, 0.717) is 12.2 Å². The number of carbonyl (C=O) groups is 1. The number of hydrogen-bond acceptors (Lipinski definition) is 4. The molecule has 0 bridgehead atoms. The number of carbonyl (C=O) groups excluding carboxylic acids is 1. The summed E-state index contributed by atoms with van der Waals surface area (Å²) in [7, 11) is 0. The van der Waals surface area contributed by atoms with Crippen LogP contribution in [0, 0.1) is 0 Å². The molecule has 2 aromatic rings. The first-order valence-electron chi connectivity index (χ1n) is 5.51. The number of nitrogens with zero attached hydrogens (tertiary/aromatic N) is 4. The van der Waals surface area contributed by atoms with Crippen LogP contribution in [-0.4, -0.2) is 26.0 Å². The lowest BCUT2D eigenvalue weighted by molar-refractivity contribution is -0.117.